The van der Waals surface area contributed by atoms with Crippen LogP contribution in [0.3, 0.4) is 0 Å². The molecule has 7 heteroatoms. The zero-order chi connectivity index (χ0) is 25.4. The molecule has 0 heterocycles. The monoisotopic (exact) mass is 604 g/mol. The van der Waals surface area contributed by atoms with Gasteiger partial charge in [-0.1, -0.05) is 24.3 Å². The van der Waals surface area contributed by atoms with Crippen LogP contribution in [0, 0.1) is 0 Å². The summed E-state index contributed by atoms with van der Waals surface area (Å²) in [5.74, 6) is 0. The third kappa shape index (κ3) is 8.37. The second-order valence-corrected chi connectivity index (χ2v) is 10.1. The van der Waals surface area contributed by atoms with Crippen molar-refractivity contribution < 1.29 is 49.0 Å². The van der Waals surface area contributed by atoms with Gasteiger partial charge in [-0.15, -0.1) is 33.7 Å². The first-order valence-electron chi connectivity index (χ1n) is 11.7. The Morgan fingerprint density at radius 2 is 0.861 bits per heavy atom. The van der Waals surface area contributed by atoms with Crippen molar-refractivity contribution >= 4 is 48.0 Å². The Morgan fingerprint density at radius 3 is 1.11 bits per heavy atom. The third-order valence-electron chi connectivity index (χ3n) is 5.67. The summed E-state index contributed by atoms with van der Waals surface area (Å²) in [7, 11) is 16.6. The van der Waals surface area contributed by atoms with Crippen LogP contribution >= 0.6 is 0 Å². The van der Waals surface area contributed by atoms with Gasteiger partial charge in [-0.25, -0.2) is 0 Å². The average Bonchev–Trinajstić information content (AvgIpc) is 3.47. The standard InChI is InChI=1S/2C13H17N2.C3H6.2ClH.Zr/c2*1-14(2)12-8-9-13(15(3)4)11-7-5-6-10(11)12;1-3-2;;;/h2*5-9H,1-4H3;1H,3H2,2H3;2*1H;/q2*-1;;;;+2/p-2. The van der Waals surface area contributed by atoms with E-state index in [1.54, 1.807) is 24.2 Å². The van der Waals surface area contributed by atoms with Crippen LogP contribution in [-0.4, -0.2) is 60.1 Å². The topological polar surface area (TPSA) is 13.0 Å². The van der Waals surface area contributed by atoms with E-state index < -0.39 is 0 Å². The number of fused-ring (bicyclic) bond motifs is 2. The Kier molecular flexibility index (Phi) is 15.3. The molecule has 0 atom stereocenters. The van der Waals surface area contributed by atoms with E-state index in [4.69, 9.17) is 0 Å². The van der Waals surface area contributed by atoms with Crippen molar-refractivity contribution in [3.8, 4) is 0 Å². The molecule has 0 unspecified atom stereocenters. The van der Waals surface area contributed by atoms with Gasteiger partial charge in [0.25, 0.3) is 0 Å². The predicted molar refractivity (Wildman–Crippen MR) is 153 cm³/mol. The van der Waals surface area contributed by atoms with Crippen LogP contribution in [0.4, 0.5) is 22.7 Å². The molecular weight excluding hydrogens is 566 g/mol. The number of anilines is 4. The number of benzene rings is 2. The van der Waals surface area contributed by atoms with Crippen molar-refractivity contribution in [1.29, 1.82) is 0 Å². The zero-order valence-corrected chi connectivity index (χ0v) is 27.1. The van der Waals surface area contributed by atoms with Crippen LogP contribution in [0.5, 0.6) is 0 Å². The maximum Gasteiger partial charge on any atom is 0.00536 e. The maximum atomic E-state index is 2.22. The molecule has 0 N–H and O–H groups in total. The molecule has 0 aromatic heterocycles. The number of halogens is 2. The molecule has 0 aliphatic rings. The Labute approximate surface area is 245 Å². The molecule has 196 valence electrons. The summed E-state index contributed by atoms with van der Waals surface area (Å²) >= 11 is 1.54. The predicted octanol–water partition coefficient (Wildman–Crippen LogP) is 0.135. The second kappa shape index (κ2) is 16.1. The van der Waals surface area contributed by atoms with Gasteiger partial charge in [0, 0.05) is 28.2 Å². The van der Waals surface area contributed by atoms with E-state index in [-0.39, 0.29) is 24.8 Å². The third-order valence-corrected chi connectivity index (χ3v) is 6.67. The number of rotatable bonds is 5. The molecule has 0 aliphatic carbocycles. The number of hydrogen-bond acceptors (Lipinski definition) is 4. The van der Waals surface area contributed by atoms with Gasteiger partial charge in [0.1, 0.15) is 0 Å². The fourth-order valence-electron chi connectivity index (χ4n) is 3.97. The largest absolute Gasteiger partial charge is 1.00 e. The molecule has 4 nitrogen and oxygen atoms in total. The Balaban J connectivity index is 0.000000566. The summed E-state index contributed by atoms with van der Waals surface area (Å²) in [6, 6.07) is 21.7. The molecular formula is C29H40Cl2N4Zr-2. The summed E-state index contributed by atoms with van der Waals surface area (Å²) in [6.45, 7) is 2.15. The van der Waals surface area contributed by atoms with Crippen molar-refractivity contribution in [3.05, 3.63) is 60.7 Å². The fraction of sp³-hybridized carbons (Fsp3) is 0.345. The summed E-state index contributed by atoms with van der Waals surface area (Å²) < 4.78 is 2.22. The number of hydrogen-bond donors (Lipinski definition) is 0. The van der Waals surface area contributed by atoms with Crippen LogP contribution in [0.15, 0.2) is 60.7 Å². The first kappa shape index (κ1) is 34.2. The Hall–Kier alpha value is -1.81. The van der Waals surface area contributed by atoms with E-state index in [0.29, 0.717) is 0 Å². The quantitative estimate of drug-likeness (QED) is 0.300. The molecule has 0 saturated heterocycles. The van der Waals surface area contributed by atoms with Gasteiger partial charge in [-0.3, -0.25) is 0 Å². The molecule has 0 bridgehead atoms. The number of nitrogens with zero attached hydrogens (tertiary/aromatic N) is 4. The minimum Gasteiger partial charge on any atom is -1.00 e. The Bertz CT molecular complexity index is 1020. The first-order chi connectivity index (χ1) is 16.1. The van der Waals surface area contributed by atoms with Gasteiger partial charge < -0.3 is 44.4 Å². The van der Waals surface area contributed by atoms with E-state index in [2.05, 4.69) is 147 Å². The average molecular weight is 607 g/mol. The molecule has 4 aromatic rings. The molecule has 0 fully saturated rings. The van der Waals surface area contributed by atoms with Crippen molar-refractivity contribution in [3.63, 3.8) is 0 Å². The molecule has 0 amide bonds. The summed E-state index contributed by atoms with van der Waals surface area (Å²) in [4.78, 5) is 8.62. The van der Waals surface area contributed by atoms with Gasteiger partial charge in [0.15, 0.2) is 0 Å². The molecule has 4 rings (SSSR count). The maximum absolute atomic E-state index is 2.22. The van der Waals surface area contributed by atoms with Gasteiger partial charge >= 0.3 is 41.3 Å². The minimum atomic E-state index is 0. The smallest absolute Gasteiger partial charge is 0.00536 e. The van der Waals surface area contributed by atoms with Crippen LogP contribution in [0.25, 0.3) is 21.5 Å². The second-order valence-electron chi connectivity index (χ2n) is 9.10. The molecule has 0 spiro atoms. The van der Waals surface area contributed by atoms with Crippen LogP contribution < -0.4 is 44.4 Å². The van der Waals surface area contributed by atoms with Gasteiger partial charge in [0.2, 0.25) is 0 Å². The van der Waals surface area contributed by atoms with Gasteiger partial charge in [-0.05, 0) is 50.9 Å². The summed E-state index contributed by atoms with van der Waals surface area (Å²) in [5, 5.41) is 5.30. The fourth-order valence-corrected chi connectivity index (χ4v) is 3.97. The van der Waals surface area contributed by atoms with Gasteiger partial charge in [-0.2, -0.15) is 24.3 Å². The van der Waals surface area contributed by atoms with Crippen LogP contribution in [-0.2, 0) is 24.2 Å². The van der Waals surface area contributed by atoms with E-state index in [1.165, 1.54) is 50.7 Å². The van der Waals surface area contributed by atoms with Crippen LogP contribution in [0.1, 0.15) is 13.3 Å². The molecule has 36 heavy (non-hydrogen) atoms. The van der Waals surface area contributed by atoms with E-state index >= 15 is 0 Å². The molecule has 0 radical (unpaired) electrons. The van der Waals surface area contributed by atoms with Crippen molar-refractivity contribution in [2.45, 2.75) is 13.3 Å². The molecule has 4 aromatic carbocycles. The van der Waals surface area contributed by atoms with Gasteiger partial charge in [0.05, 0.1) is 0 Å². The minimum absolute atomic E-state index is 0. The SMILES string of the molecule is CC[CH]=[Zr+2].CN(C)c1ccc(N(C)C)c2[cH-]ccc12.CN(C)c1ccc(N(C)C)c2[cH-]ccc12.[Cl-].[Cl-]. The van der Waals surface area contributed by atoms with Crippen LogP contribution in [0.2, 0.25) is 0 Å². The van der Waals surface area contributed by atoms with Crippen molar-refractivity contribution in [1.82, 2.24) is 0 Å². The van der Waals surface area contributed by atoms with Crippen molar-refractivity contribution in [2.75, 3.05) is 76.0 Å². The Morgan fingerprint density at radius 1 is 0.583 bits per heavy atom. The molecule has 0 aliphatic heterocycles. The van der Waals surface area contributed by atoms with E-state index in [1.807, 2.05) is 0 Å². The zero-order valence-electron chi connectivity index (χ0n) is 23.1. The van der Waals surface area contributed by atoms with Crippen molar-refractivity contribution in [2.24, 2.45) is 0 Å². The normalized spacial score (nSPS) is 9.64. The van der Waals surface area contributed by atoms with E-state index in [0.717, 1.165) is 0 Å². The molecule has 0 saturated carbocycles. The summed E-state index contributed by atoms with van der Waals surface area (Å²) in [5.41, 5.74) is 5.11. The first-order valence-corrected chi connectivity index (χ1v) is 13.1. The summed E-state index contributed by atoms with van der Waals surface area (Å²) in [6.07, 6.45) is 1.23. The van der Waals surface area contributed by atoms with E-state index in [9.17, 15) is 0 Å².